The number of carbonyl (C=O) groups is 2. The topological polar surface area (TPSA) is 87.6 Å². The number of aryl methyl sites for hydroxylation is 1. The molecule has 1 aromatic heterocycles. The molecule has 8 nitrogen and oxygen atoms in total. The van der Waals surface area contributed by atoms with Gasteiger partial charge in [-0.3, -0.25) is 24.4 Å². The number of halogens is 1. The molecule has 0 aliphatic carbocycles. The molecule has 1 fully saturated rings. The van der Waals surface area contributed by atoms with E-state index in [0.717, 1.165) is 0 Å². The fourth-order valence-electron chi connectivity index (χ4n) is 4.17. The van der Waals surface area contributed by atoms with Gasteiger partial charge in [0.2, 0.25) is 0 Å². The highest BCUT2D eigenvalue weighted by Gasteiger charge is 2.44. The summed E-state index contributed by atoms with van der Waals surface area (Å²) in [5.74, 6) is -1.16. The van der Waals surface area contributed by atoms with Crippen LogP contribution in [0.25, 0.3) is 11.3 Å². The van der Waals surface area contributed by atoms with Crippen LogP contribution in [0.4, 0.5) is 4.39 Å². The number of morpholine rings is 1. The van der Waals surface area contributed by atoms with Gasteiger partial charge in [0.25, 0.3) is 17.4 Å². The molecule has 1 N–H and O–H groups in total. The maximum Gasteiger partial charge on any atom is 0.279 e. The molecule has 170 valence electrons. The molecule has 2 amide bonds. The predicted molar refractivity (Wildman–Crippen MR) is 117 cm³/mol. The lowest BCUT2D eigenvalue weighted by molar-refractivity contribution is -0.138. The van der Waals surface area contributed by atoms with Crippen molar-refractivity contribution in [1.29, 1.82) is 0 Å². The molecule has 0 unspecified atom stereocenters. The van der Waals surface area contributed by atoms with E-state index in [1.807, 2.05) is 25.7 Å². The summed E-state index contributed by atoms with van der Waals surface area (Å²) in [6.07, 6.45) is 0.449. The van der Waals surface area contributed by atoms with Gasteiger partial charge in [0, 0.05) is 25.3 Å². The smallest absolute Gasteiger partial charge is 0.279 e. The molecule has 3 heterocycles. The Kier molecular flexibility index (Phi) is 6.01. The van der Waals surface area contributed by atoms with Crippen molar-refractivity contribution >= 4 is 17.4 Å². The first-order valence-electron chi connectivity index (χ1n) is 10.9. The zero-order chi connectivity index (χ0) is 23.0. The van der Waals surface area contributed by atoms with E-state index >= 15 is 0 Å². The first kappa shape index (κ1) is 22.0. The zero-order valence-corrected chi connectivity index (χ0v) is 18.5. The van der Waals surface area contributed by atoms with Crippen LogP contribution in [0.3, 0.4) is 0 Å². The number of H-pyrrole nitrogens is 1. The molecule has 2 aliphatic rings. The number of rotatable bonds is 6. The van der Waals surface area contributed by atoms with Gasteiger partial charge in [-0.2, -0.15) is 0 Å². The maximum absolute atomic E-state index is 13.5. The van der Waals surface area contributed by atoms with Gasteiger partial charge < -0.3 is 9.64 Å². The summed E-state index contributed by atoms with van der Waals surface area (Å²) in [7, 11) is 0. The summed E-state index contributed by atoms with van der Waals surface area (Å²) < 4.78 is 20.1. The van der Waals surface area contributed by atoms with Gasteiger partial charge in [-0.1, -0.05) is 20.8 Å². The van der Waals surface area contributed by atoms with Crippen LogP contribution in [0.15, 0.2) is 34.8 Å². The van der Waals surface area contributed by atoms with Crippen LogP contribution in [0.2, 0.25) is 0 Å². The Hall–Kier alpha value is -3.20. The number of hydrogen-bond acceptors (Lipinski definition) is 5. The van der Waals surface area contributed by atoms with E-state index in [-0.39, 0.29) is 35.2 Å². The quantitative estimate of drug-likeness (QED) is 0.691. The Morgan fingerprint density at radius 2 is 1.72 bits per heavy atom. The second-order valence-corrected chi connectivity index (χ2v) is 8.37. The van der Waals surface area contributed by atoms with Crippen LogP contribution in [0, 0.1) is 11.7 Å². The summed E-state index contributed by atoms with van der Waals surface area (Å²) in [4.78, 5) is 43.4. The van der Waals surface area contributed by atoms with E-state index in [1.54, 1.807) is 0 Å². The van der Waals surface area contributed by atoms with E-state index in [2.05, 4.69) is 5.10 Å². The molecule has 1 saturated heterocycles. The third-order valence-electron chi connectivity index (χ3n) is 5.67. The van der Waals surface area contributed by atoms with Crippen molar-refractivity contribution in [2.24, 2.45) is 5.92 Å². The Balaban J connectivity index is 1.90. The van der Waals surface area contributed by atoms with E-state index < -0.39 is 17.3 Å². The molecule has 4 rings (SSSR count). The second-order valence-electron chi connectivity index (χ2n) is 8.37. The molecular formula is C23H27FN4O4. The molecule has 9 heteroatoms. The number of nitrogens with zero attached hydrogens (tertiary/aromatic N) is 3. The van der Waals surface area contributed by atoms with Gasteiger partial charge in [0.15, 0.2) is 0 Å². The number of ether oxygens (including phenoxy) is 1. The van der Waals surface area contributed by atoms with E-state index in [0.29, 0.717) is 44.1 Å². The van der Waals surface area contributed by atoms with Gasteiger partial charge in [-0.05, 0) is 36.6 Å². The number of aromatic nitrogens is 2. The number of nitrogens with one attached hydrogen (secondary N) is 1. The van der Waals surface area contributed by atoms with Crippen LogP contribution in [0.1, 0.15) is 32.0 Å². The summed E-state index contributed by atoms with van der Waals surface area (Å²) in [6, 6.07) is 5.50. The molecule has 0 atom stereocenters. The lowest BCUT2D eigenvalue weighted by Gasteiger charge is -2.29. The molecule has 2 aliphatic heterocycles. The molecule has 0 spiro atoms. The van der Waals surface area contributed by atoms with Crippen molar-refractivity contribution in [2.75, 3.05) is 32.8 Å². The molecule has 1 aromatic carbocycles. The fraction of sp³-hybridized carbons (Fsp3) is 0.435. The number of amides is 2. The lowest BCUT2D eigenvalue weighted by atomic mass is 10.0. The van der Waals surface area contributed by atoms with Crippen molar-refractivity contribution in [3.05, 3.63) is 57.4 Å². The minimum absolute atomic E-state index is 0.0842. The van der Waals surface area contributed by atoms with E-state index in [1.165, 1.54) is 33.8 Å². The summed E-state index contributed by atoms with van der Waals surface area (Å²) in [5.41, 5.74) is 1.14. The van der Waals surface area contributed by atoms with Crippen LogP contribution in [0.5, 0.6) is 0 Å². The molecule has 32 heavy (non-hydrogen) atoms. The van der Waals surface area contributed by atoms with Crippen molar-refractivity contribution in [3.8, 4) is 5.69 Å². The average molecular weight is 442 g/mol. The third-order valence-corrected chi connectivity index (χ3v) is 5.67. The van der Waals surface area contributed by atoms with Gasteiger partial charge in [-0.25, -0.2) is 9.07 Å². The molecule has 0 saturated carbocycles. The number of imide groups is 1. The van der Waals surface area contributed by atoms with E-state index in [9.17, 15) is 18.8 Å². The molecule has 2 aromatic rings. The maximum atomic E-state index is 13.5. The Labute approximate surface area is 185 Å². The lowest BCUT2D eigenvalue weighted by Crippen LogP contribution is -2.41. The molecular weight excluding hydrogens is 415 g/mol. The SMILES string of the molecule is CCc1[nH]n(-c2ccc(F)cc2)c(=O)c1C1=C(N2CCOCC2)C(=O)N(CC(C)C)C1=O. The van der Waals surface area contributed by atoms with Gasteiger partial charge in [0.05, 0.1) is 30.0 Å². The van der Waals surface area contributed by atoms with Crippen LogP contribution >= 0.6 is 0 Å². The average Bonchev–Trinajstić information content (AvgIpc) is 3.23. The first-order chi connectivity index (χ1) is 15.3. The van der Waals surface area contributed by atoms with Crippen molar-refractivity contribution in [3.63, 3.8) is 0 Å². The Bertz CT molecular complexity index is 1120. The first-order valence-corrected chi connectivity index (χ1v) is 10.9. The van der Waals surface area contributed by atoms with Crippen LogP contribution in [-0.4, -0.2) is 64.2 Å². The van der Waals surface area contributed by atoms with Crippen molar-refractivity contribution in [1.82, 2.24) is 19.6 Å². The highest BCUT2D eigenvalue weighted by molar-refractivity contribution is 6.35. The Morgan fingerprint density at radius 3 is 2.31 bits per heavy atom. The normalized spacial score (nSPS) is 17.3. The fourth-order valence-corrected chi connectivity index (χ4v) is 4.17. The predicted octanol–water partition coefficient (Wildman–Crippen LogP) is 1.94. The van der Waals surface area contributed by atoms with Crippen LogP contribution in [-0.2, 0) is 20.7 Å². The summed E-state index contributed by atoms with van der Waals surface area (Å²) in [6.45, 7) is 7.81. The zero-order valence-electron chi connectivity index (χ0n) is 18.5. The Morgan fingerprint density at radius 1 is 1.06 bits per heavy atom. The summed E-state index contributed by atoms with van der Waals surface area (Å²) in [5, 5.41) is 3.05. The minimum Gasteiger partial charge on any atom is -0.378 e. The highest BCUT2D eigenvalue weighted by Crippen LogP contribution is 2.33. The molecule has 0 bridgehead atoms. The number of aromatic amines is 1. The third kappa shape index (κ3) is 3.77. The monoisotopic (exact) mass is 442 g/mol. The van der Waals surface area contributed by atoms with Gasteiger partial charge in [0.1, 0.15) is 11.5 Å². The molecule has 0 radical (unpaired) electrons. The van der Waals surface area contributed by atoms with E-state index in [4.69, 9.17) is 4.74 Å². The largest absolute Gasteiger partial charge is 0.378 e. The summed E-state index contributed by atoms with van der Waals surface area (Å²) >= 11 is 0. The number of benzene rings is 1. The highest BCUT2D eigenvalue weighted by atomic mass is 19.1. The van der Waals surface area contributed by atoms with Crippen molar-refractivity contribution in [2.45, 2.75) is 27.2 Å². The van der Waals surface area contributed by atoms with Crippen molar-refractivity contribution < 1.29 is 18.7 Å². The standard InChI is InChI=1S/C23H27FN4O4/c1-4-17-18(22(30)28(25-17)16-7-5-15(24)6-8-16)19-20(26-9-11-32-12-10-26)23(31)27(21(19)29)13-14(2)3/h5-8,14,25H,4,9-13H2,1-3H3. The second kappa shape index (κ2) is 8.74. The number of carbonyl (C=O) groups excluding carboxylic acids is 2. The van der Waals surface area contributed by atoms with Crippen LogP contribution < -0.4 is 5.56 Å². The van der Waals surface area contributed by atoms with Gasteiger partial charge >= 0.3 is 0 Å². The number of hydrogen-bond donors (Lipinski definition) is 1. The van der Waals surface area contributed by atoms with Gasteiger partial charge in [-0.15, -0.1) is 0 Å². The minimum atomic E-state index is -0.456.